The highest BCUT2D eigenvalue weighted by Crippen LogP contribution is 2.22. The molecule has 0 saturated carbocycles. The summed E-state index contributed by atoms with van der Waals surface area (Å²) in [5.41, 5.74) is 0. The summed E-state index contributed by atoms with van der Waals surface area (Å²) in [6, 6.07) is 7.69. The second kappa shape index (κ2) is 6.22. The van der Waals surface area contributed by atoms with Gasteiger partial charge in [-0.25, -0.2) is 4.79 Å². The minimum absolute atomic E-state index is 0.0760. The fourth-order valence-corrected chi connectivity index (χ4v) is 3.24. The van der Waals surface area contributed by atoms with Gasteiger partial charge in [0.25, 0.3) is 0 Å². The van der Waals surface area contributed by atoms with Crippen LogP contribution in [0.3, 0.4) is 0 Å². The Labute approximate surface area is 119 Å². The molecule has 0 aliphatic carbocycles. The van der Waals surface area contributed by atoms with E-state index in [1.54, 1.807) is 23.3 Å². The first-order chi connectivity index (χ1) is 8.65. The lowest BCUT2D eigenvalue weighted by molar-refractivity contribution is 0.207. The van der Waals surface area contributed by atoms with Gasteiger partial charge in [0.2, 0.25) is 0 Å². The molecular formula is C12H13ClN2OS2. The minimum Gasteiger partial charge on any atom is -0.333 e. The van der Waals surface area contributed by atoms with Gasteiger partial charge < -0.3 is 10.2 Å². The Kier molecular flexibility index (Phi) is 4.63. The molecule has 0 radical (unpaired) electrons. The van der Waals surface area contributed by atoms with Crippen LogP contribution in [0.4, 0.5) is 4.79 Å². The number of rotatable bonds is 4. The number of amides is 2. The number of halogens is 1. The maximum atomic E-state index is 11.8. The van der Waals surface area contributed by atoms with Gasteiger partial charge in [-0.2, -0.15) is 0 Å². The van der Waals surface area contributed by atoms with Crippen molar-refractivity contribution in [3.05, 3.63) is 43.7 Å². The Hall–Kier alpha value is -1.04. The van der Waals surface area contributed by atoms with Crippen LogP contribution in [-0.2, 0) is 13.1 Å². The first-order valence-corrected chi connectivity index (χ1v) is 7.48. The molecule has 0 bridgehead atoms. The van der Waals surface area contributed by atoms with E-state index in [0.717, 1.165) is 14.1 Å². The molecule has 18 heavy (non-hydrogen) atoms. The third kappa shape index (κ3) is 3.73. The van der Waals surface area contributed by atoms with Gasteiger partial charge in [-0.3, -0.25) is 0 Å². The number of carbonyl (C=O) groups excluding carboxylic acids is 1. The zero-order valence-electron chi connectivity index (χ0n) is 9.85. The number of nitrogens with one attached hydrogen (secondary N) is 1. The molecule has 96 valence electrons. The first kappa shape index (κ1) is 13.4. The van der Waals surface area contributed by atoms with Crippen LogP contribution in [0.2, 0.25) is 4.34 Å². The van der Waals surface area contributed by atoms with Crippen molar-refractivity contribution in [3.8, 4) is 0 Å². The lowest BCUT2D eigenvalue weighted by Crippen LogP contribution is -2.36. The van der Waals surface area contributed by atoms with Gasteiger partial charge in [-0.15, -0.1) is 22.7 Å². The van der Waals surface area contributed by atoms with Crippen LogP contribution >= 0.6 is 34.3 Å². The Morgan fingerprint density at radius 1 is 1.39 bits per heavy atom. The van der Waals surface area contributed by atoms with Crippen molar-refractivity contribution >= 4 is 40.3 Å². The van der Waals surface area contributed by atoms with Gasteiger partial charge in [0.1, 0.15) is 0 Å². The maximum Gasteiger partial charge on any atom is 0.317 e. The van der Waals surface area contributed by atoms with Crippen molar-refractivity contribution in [2.24, 2.45) is 0 Å². The van der Waals surface area contributed by atoms with Gasteiger partial charge in [-0.05, 0) is 23.6 Å². The first-order valence-electron chi connectivity index (χ1n) is 5.40. The smallest absolute Gasteiger partial charge is 0.317 e. The number of hydrogen-bond donors (Lipinski definition) is 1. The predicted octanol–water partition coefficient (Wildman–Crippen LogP) is 3.80. The zero-order valence-corrected chi connectivity index (χ0v) is 12.2. The number of hydrogen-bond acceptors (Lipinski definition) is 3. The van der Waals surface area contributed by atoms with Crippen LogP contribution in [0.15, 0.2) is 29.6 Å². The van der Waals surface area contributed by atoms with Gasteiger partial charge in [0, 0.05) is 16.8 Å². The molecule has 0 spiro atoms. The van der Waals surface area contributed by atoms with Crippen LogP contribution in [0.5, 0.6) is 0 Å². The topological polar surface area (TPSA) is 32.3 Å². The highest BCUT2D eigenvalue weighted by Gasteiger charge is 2.10. The molecule has 0 aliphatic heterocycles. The van der Waals surface area contributed by atoms with E-state index in [1.807, 2.05) is 29.6 Å². The summed E-state index contributed by atoms with van der Waals surface area (Å²) >= 11 is 8.98. The summed E-state index contributed by atoms with van der Waals surface area (Å²) in [5, 5.41) is 4.88. The Morgan fingerprint density at radius 3 is 2.83 bits per heavy atom. The summed E-state index contributed by atoms with van der Waals surface area (Å²) in [6.07, 6.45) is 0. The number of nitrogens with zero attached hydrogens (tertiary/aromatic N) is 1. The molecule has 0 aliphatic rings. The second-order valence-electron chi connectivity index (χ2n) is 3.80. The standard InChI is InChI=1S/C12H13ClN2OS2/c1-15(8-10-4-5-11(13)18-10)12(16)14-7-9-3-2-6-17-9/h2-6H,7-8H2,1H3,(H,14,16). The molecule has 3 nitrogen and oxygen atoms in total. The molecule has 6 heteroatoms. The fourth-order valence-electron chi connectivity index (χ4n) is 1.45. The molecule has 1 N–H and O–H groups in total. The van der Waals surface area contributed by atoms with Crippen LogP contribution < -0.4 is 5.32 Å². The molecule has 0 atom stereocenters. The summed E-state index contributed by atoms with van der Waals surface area (Å²) in [5.74, 6) is 0. The molecule has 2 aromatic heterocycles. The number of urea groups is 1. The summed E-state index contributed by atoms with van der Waals surface area (Å²) < 4.78 is 0.748. The van der Waals surface area contributed by atoms with Crippen molar-refractivity contribution < 1.29 is 4.79 Å². The molecule has 0 fully saturated rings. The van der Waals surface area contributed by atoms with E-state index < -0.39 is 0 Å². The molecule has 0 unspecified atom stereocenters. The van der Waals surface area contributed by atoms with Crippen LogP contribution in [0.25, 0.3) is 0 Å². The highest BCUT2D eigenvalue weighted by atomic mass is 35.5. The number of thiophene rings is 2. The minimum atomic E-state index is -0.0760. The highest BCUT2D eigenvalue weighted by molar-refractivity contribution is 7.16. The van der Waals surface area contributed by atoms with Crippen molar-refractivity contribution in [2.45, 2.75) is 13.1 Å². The monoisotopic (exact) mass is 300 g/mol. The molecule has 2 aromatic rings. The molecule has 0 aromatic carbocycles. The molecular weight excluding hydrogens is 288 g/mol. The van der Waals surface area contributed by atoms with Gasteiger partial charge in [-0.1, -0.05) is 17.7 Å². The largest absolute Gasteiger partial charge is 0.333 e. The predicted molar refractivity (Wildman–Crippen MR) is 77.4 cm³/mol. The molecule has 2 rings (SSSR count). The van der Waals surface area contributed by atoms with Crippen LogP contribution in [0, 0.1) is 0 Å². The maximum absolute atomic E-state index is 11.8. The Morgan fingerprint density at radius 2 is 2.22 bits per heavy atom. The Balaban J connectivity index is 1.81. The fraction of sp³-hybridized carbons (Fsp3) is 0.250. The lowest BCUT2D eigenvalue weighted by atomic mass is 10.4. The normalized spacial score (nSPS) is 10.3. The van der Waals surface area contributed by atoms with Crippen molar-refractivity contribution in [3.63, 3.8) is 0 Å². The van der Waals surface area contributed by atoms with E-state index in [4.69, 9.17) is 11.6 Å². The average Bonchev–Trinajstić information content (AvgIpc) is 2.97. The lowest BCUT2D eigenvalue weighted by Gasteiger charge is -2.16. The zero-order chi connectivity index (χ0) is 13.0. The van der Waals surface area contributed by atoms with E-state index in [2.05, 4.69) is 5.32 Å². The van der Waals surface area contributed by atoms with Crippen molar-refractivity contribution in [1.29, 1.82) is 0 Å². The van der Waals surface area contributed by atoms with Gasteiger partial charge in [0.15, 0.2) is 0 Å². The van der Waals surface area contributed by atoms with E-state index in [-0.39, 0.29) is 6.03 Å². The number of carbonyl (C=O) groups is 1. The van der Waals surface area contributed by atoms with Crippen LogP contribution in [0.1, 0.15) is 9.75 Å². The van der Waals surface area contributed by atoms with Crippen molar-refractivity contribution in [1.82, 2.24) is 10.2 Å². The third-order valence-corrected chi connectivity index (χ3v) is 4.45. The molecule has 2 amide bonds. The second-order valence-corrected chi connectivity index (χ2v) is 6.63. The Bertz CT molecular complexity index is 510. The van der Waals surface area contributed by atoms with Crippen LogP contribution in [-0.4, -0.2) is 18.0 Å². The third-order valence-electron chi connectivity index (χ3n) is 2.36. The van der Waals surface area contributed by atoms with E-state index >= 15 is 0 Å². The quantitative estimate of drug-likeness (QED) is 0.915. The van der Waals surface area contributed by atoms with Crippen molar-refractivity contribution in [2.75, 3.05) is 7.05 Å². The summed E-state index contributed by atoms with van der Waals surface area (Å²) in [4.78, 5) is 15.7. The van der Waals surface area contributed by atoms with E-state index in [1.165, 1.54) is 11.3 Å². The molecule has 0 saturated heterocycles. The summed E-state index contributed by atoms with van der Waals surface area (Å²) in [7, 11) is 1.78. The van der Waals surface area contributed by atoms with E-state index in [9.17, 15) is 4.79 Å². The van der Waals surface area contributed by atoms with Gasteiger partial charge in [0.05, 0.1) is 17.4 Å². The average molecular weight is 301 g/mol. The SMILES string of the molecule is CN(Cc1ccc(Cl)s1)C(=O)NCc1cccs1. The summed E-state index contributed by atoms with van der Waals surface area (Å²) in [6.45, 7) is 1.15. The molecule has 2 heterocycles. The van der Waals surface area contributed by atoms with Gasteiger partial charge >= 0.3 is 6.03 Å². The van der Waals surface area contributed by atoms with E-state index in [0.29, 0.717) is 13.1 Å².